The van der Waals surface area contributed by atoms with Gasteiger partial charge in [0.05, 0.1) is 6.61 Å². The second-order valence-electron chi connectivity index (χ2n) is 8.51. The number of benzene rings is 1. The smallest absolute Gasteiger partial charge is 0.341 e. The van der Waals surface area contributed by atoms with Gasteiger partial charge in [0.2, 0.25) is 0 Å². The van der Waals surface area contributed by atoms with Gasteiger partial charge in [0.25, 0.3) is 0 Å². The Morgan fingerprint density at radius 1 is 0.912 bits per heavy atom. The molecule has 0 bridgehead atoms. The Labute approximate surface area is 196 Å². The molecule has 2 N–H and O–H groups in total. The van der Waals surface area contributed by atoms with Gasteiger partial charge in [0.1, 0.15) is 6.54 Å². The van der Waals surface area contributed by atoms with Crippen LogP contribution in [0.2, 0.25) is 0 Å². The summed E-state index contributed by atoms with van der Waals surface area (Å²) in [6.07, 6.45) is 3.06. The predicted octanol–water partition coefficient (Wildman–Crippen LogP) is 3.05. The zero-order valence-electron chi connectivity index (χ0n) is 19.0. The third-order valence-electron chi connectivity index (χ3n) is 6.33. The molecule has 0 atom stereocenters. The Kier molecular flexibility index (Phi) is 6.72. The van der Waals surface area contributed by atoms with Gasteiger partial charge in [-0.3, -0.25) is 14.4 Å². The third-order valence-corrected chi connectivity index (χ3v) is 6.33. The van der Waals surface area contributed by atoms with Crippen molar-refractivity contribution in [1.82, 2.24) is 4.90 Å². The SMILES string of the molecule is CCOc1cc(C2C3=C(CCCC3=O)N(CC(=O)O)C3=C2C(=O)CCC3)ccc1OCC(=O)O. The number of carbonyl (C=O) groups excluding carboxylic acids is 2. The zero-order valence-corrected chi connectivity index (χ0v) is 19.0. The Bertz CT molecular complexity index is 1070. The van der Waals surface area contributed by atoms with Crippen molar-refractivity contribution in [3.8, 4) is 11.5 Å². The summed E-state index contributed by atoms with van der Waals surface area (Å²) in [5.41, 5.74) is 2.97. The molecule has 1 aliphatic heterocycles. The number of rotatable bonds is 8. The lowest BCUT2D eigenvalue weighted by molar-refractivity contribution is -0.139. The molecule has 1 aromatic rings. The van der Waals surface area contributed by atoms with E-state index in [1.165, 1.54) is 0 Å². The van der Waals surface area contributed by atoms with Gasteiger partial charge in [-0.25, -0.2) is 4.79 Å². The number of Topliss-reactive ketones (excluding diaryl/α,β-unsaturated/α-hetero) is 2. The van der Waals surface area contributed by atoms with E-state index in [4.69, 9.17) is 14.6 Å². The van der Waals surface area contributed by atoms with Crippen LogP contribution in [0.25, 0.3) is 0 Å². The maximum absolute atomic E-state index is 13.2. The molecule has 0 unspecified atom stereocenters. The molecule has 1 aromatic carbocycles. The van der Waals surface area contributed by atoms with Crippen molar-refractivity contribution in [3.63, 3.8) is 0 Å². The van der Waals surface area contributed by atoms with Crippen LogP contribution < -0.4 is 9.47 Å². The first-order chi connectivity index (χ1) is 16.3. The van der Waals surface area contributed by atoms with Crippen LogP contribution in [0, 0.1) is 0 Å². The van der Waals surface area contributed by atoms with Crippen LogP contribution >= 0.6 is 0 Å². The molecular formula is C25H27NO8. The lowest BCUT2D eigenvalue weighted by atomic mass is 9.71. The van der Waals surface area contributed by atoms with Crippen LogP contribution in [-0.2, 0) is 19.2 Å². The van der Waals surface area contributed by atoms with E-state index in [1.54, 1.807) is 30.0 Å². The van der Waals surface area contributed by atoms with E-state index in [-0.39, 0.29) is 23.9 Å². The lowest BCUT2D eigenvalue weighted by Crippen LogP contribution is -2.41. The average molecular weight is 469 g/mol. The van der Waals surface area contributed by atoms with E-state index in [9.17, 15) is 24.3 Å². The Hall–Kier alpha value is -3.62. The molecule has 0 radical (unpaired) electrons. The first-order valence-electron chi connectivity index (χ1n) is 11.4. The number of hydrogen-bond donors (Lipinski definition) is 2. The van der Waals surface area contributed by atoms with Gasteiger partial charge in [-0.15, -0.1) is 0 Å². The number of aliphatic carboxylic acids is 2. The van der Waals surface area contributed by atoms with Crippen LogP contribution in [0.3, 0.4) is 0 Å². The van der Waals surface area contributed by atoms with Crippen LogP contribution in [-0.4, -0.2) is 58.4 Å². The standard InChI is InChI=1S/C25H27NO8/c1-2-33-20-11-14(9-10-19(20)34-13-22(31)32)23-24-15(5-3-7-17(24)27)26(12-21(29)30)16-6-4-8-18(28)25(16)23/h9-11,23H,2-8,12-13H2,1H3,(H,29,30)(H,31,32). The van der Waals surface area contributed by atoms with Crippen molar-refractivity contribution in [2.75, 3.05) is 19.8 Å². The number of ketones is 2. The molecule has 0 saturated heterocycles. The topological polar surface area (TPSA) is 130 Å². The van der Waals surface area contributed by atoms with Gasteiger partial charge in [0, 0.05) is 41.3 Å². The van der Waals surface area contributed by atoms with Gasteiger partial charge >= 0.3 is 11.9 Å². The highest BCUT2D eigenvalue weighted by atomic mass is 16.5. The largest absolute Gasteiger partial charge is 0.490 e. The van der Waals surface area contributed by atoms with Crippen molar-refractivity contribution >= 4 is 23.5 Å². The Morgan fingerprint density at radius 3 is 2.06 bits per heavy atom. The number of carboxylic acid groups (broad SMARTS) is 2. The molecule has 3 aliphatic rings. The van der Waals surface area contributed by atoms with Crippen LogP contribution in [0.15, 0.2) is 40.7 Å². The van der Waals surface area contributed by atoms with Crippen molar-refractivity contribution in [3.05, 3.63) is 46.3 Å². The summed E-state index contributed by atoms with van der Waals surface area (Å²) < 4.78 is 11.0. The van der Waals surface area contributed by atoms with E-state index < -0.39 is 24.5 Å². The number of allylic oxidation sites excluding steroid dienone is 4. The number of carbonyl (C=O) groups is 4. The Balaban J connectivity index is 1.88. The van der Waals surface area contributed by atoms with Crippen LogP contribution in [0.5, 0.6) is 11.5 Å². The number of carboxylic acids is 2. The third kappa shape index (κ3) is 4.42. The normalized spacial score (nSPS) is 18.6. The highest BCUT2D eigenvalue weighted by molar-refractivity contribution is 6.06. The highest BCUT2D eigenvalue weighted by Crippen LogP contribution is 2.50. The van der Waals surface area contributed by atoms with Gasteiger partial charge in [-0.2, -0.15) is 0 Å². The summed E-state index contributed by atoms with van der Waals surface area (Å²) in [5, 5.41) is 18.5. The summed E-state index contributed by atoms with van der Waals surface area (Å²) in [7, 11) is 0. The fourth-order valence-corrected chi connectivity index (χ4v) is 5.11. The molecule has 0 saturated carbocycles. The van der Waals surface area contributed by atoms with Gasteiger partial charge in [-0.1, -0.05) is 6.07 Å². The van der Waals surface area contributed by atoms with Crippen molar-refractivity contribution < 1.29 is 38.9 Å². The van der Waals surface area contributed by atoms with Crippen molar-refractivity contribution in [1.29, 1.82) is 0 Å². The predicted molar refractivity (Wildman–Crippen MR) is 120 cm³/mol. The lowest BCUT2D eigenvalue weighted by Gasteiger charge is -2.43. The van der Waals surface area contributed by atoms with Gasteiger partial charge in [0.15, 0.2) is 29.7 Å². The second kappa shape index (κ2) is 9.70. The molecule has 0 spiro atoms. The summed E-state index contributed by atoms with van der Waals surface area (Å²) >= 11 is 0. The van der Waals surface area contributed by atoms with Gasteiger partial charge in [-0.05, 0) is 50.3 Å². The molecule has 34 heavy (non-hydrogen) atoms. The maximum atomic E-state index is 13.2. The van der Waals surface area contributed by atoms with Gasteiger partial charge < -0.3 is 24.6 Å². The number of hydrogen-bond acceptors (Lipinski definition) is 7. The molecule has 2 aliphatic carbocycles. The van der Waals surface area contributed by atoms with Crippen molar-refractivity contribution in [2.24, 2.45) is 0 Å². The molecule has 1 heterocycles. The minimum absolute atomic E-state index is 0.0873. The summed E-state index contributed by atoms with van der Waals surface area (Å²) in [6, 6.07) is 5.00. The van der Waals surface area contributed by atoms with Crippen molar-refractivity contribution in [2.45, 2.75) is 51.4 Å². The molecule has 9 heteroatoms. The molecule has 0 amide bonds. The molecule has 0 aromatic heterocycles. The highest BCUT2D eigenvalue weighted by Gasteiger charge is 2.43. The van der Waals surface area contributed by atoms with E-state index in [2.05, 4.69) is 0 Å². The molecule has 0 fully saturated rings. The minimum atomic E-state index is -1.12. The molecule has 9 nitrogen and oxygen atoms in total. The summed E-state index contributed by atoms with van der Waals surface area (Å²) in [6.45, 7) is 1.27. The van der Waals surface area contributed by atoms with E-state index in [0.29, 0.717) is 79.0 Å². The summed E-state index contributed by atoms with van der Waals surface area (Å²) in [5.74, 6) is -2.36. The van der Waals surface area contributed by atoms with Crippen LogP contribution in [0.1, 0.15) is 56.9 Å². The Morgan fingerprint density at radius 2 is 1.53 bits per heavy atom. The average Bonchev–Trinajstić information content (AvgIpc) is 2.79. The number of ether oxygens (including phenoxy) is 2. The first kappa shape index (κ1) is 23.5. The van der Waals surface area contributed by atoms with E-state index in [1.807, 2.05) is 0 Å². The van der Waals surface area contributed by atoms with E-state index in [0.717, 1.165) is 0 Å². The quantitative estimate of drug-likeness (QED) is 0.590. The van der Waals surface area contributed by atoms with Crippen LogP contribution in [0.4, 0.5) is 0 Å². The fourth-order valence-electron chi connectivity index (χ4n) is 5.11. The molecule has 4 rings (SSSR count). The molecule has 180 valence electrons. The maximum Gasteiger partial charge on any atom is 0.341 e. The number of nitrogens with zero attached hydrogens (tertiary/aromatic N) is 1. The minimum Gasteiger partial charge on any atom is -0.490 e. The first-order valence-corrected chi connectivity index (χ1v) is 11.4. The second-order valence-corrected chi connectivity index (χ2v) is 8.51. The zero-order chi connectivity index (χ0) is 24.4. The van der Waals surface area contributed by atoms with E-state index >= 15 is 0 Å². The molecular weight excluding hydrogens is 442 g/mol. The fraction of sp³-hybridized carbons (Fsp3) is 0.440. The monoisotopic (exact) mass is 469 g/mol. The summed E-state index contributed by atoms with van der Waals surface area (Å²) in [4.78, 5) is 50.7.